The van der Waals surface area contributed by atoms with Crippen LogP contribution in [0.2, 0.25) is 0 Å². The summed E-state index contributed by atoms with van der Waals surface area (Å²) in [6.45, 7) is 11.7. The van der Waals surface area contributed by atoms with Gasteiger partial charge in [0.15, 0.2) is 0 Å². The summed E-state index contributed by atoms with van der Waals surface area (Å²) in [4.78, 5) is 0. The first-order valence-electron chi connectivity index (χ1n) is 6.10. The topological polar surface area (TPSA) is 20.2 Å². The number of benzene rings is 1. The van der Waals surface area contributed by atoms with Gasteiger partial charge in [0.2, 0.25) is 0 Å². The summed E-state index contributed by atoms with van der Waals surface area (Å²) in [5.74, 6) is 0. The molecule has 0 aliphatic heterocycles. The summed E-state index contributed by atoms with van der Waals surface area (Å²) >= 11 is 0. The Balaban J connectivity index is 0.00000106. The number of quaternary nitrogens is 1. The molecule has 0 atom stereocenters. The van der Waals surface area contributed by atoms with Crippen molar-refractivity contribution in [1.82, 2.24) is 0 Å². The van der Waals surface area contributed by atoms with Crippen LogP contribution in [0.25, 0.3) is 0 Å². The number of hydrogen-bond acceptors (Lipinski definition) is 1. The van der Waals surface area contributed by atoms with Crippen LogP contribution in [0.4, 0.5) is 0 Å². The van der Waals surface area contributed by atoms with Crippen molar-refractivity contribution in [3.8, 4) is 0 Å². The molecule has 0 fully saturated rings. The Morgan fingerprint density at radius 2 is 1.31 bits per heavy atom. The largest absolute Gasteiger partial charge is 0.400 e. The molecule has 0 aliphatic carbocycles. The molecule has 0 bridgehead atoms. The Bertz CT molecular complexity index is 246. The summed E-state index contributed by atoms with van der Waals surface area (Å²) in [7, 11) is 1.00. The summed E-state index contributed by atoms with van der Waals surface area (Å²) in [6.07, 6.45) is 0. The molecular formula is C14H26NO+. The smallest absolute Gasteiger partial charge is 0.104 e. The lowest BCUT2D eigenvalue weighted by molar-refractivity contribution is -0.936. The van der Waals surface area contributed by atoms with Crippen LogP contribution in [-0.4, -0.2) is 36.3 Å². The van der Waals surface area contributed by atoms with E-state index in [0.717, 1.165) is 7.11 Å². The minimum absolute atomic E-state index is 1.00. The van der Waals surface area contributed by atoms with Gasteiger partial charge < -0.3 is 9.59 Å². The van der Waals surface area contributed by atoms with Crippen molar-refractivity contribution in [2.75, 3.05) is 26.7 Å². The fourth-order valence-electron chi connectivity index (χ4n) is 1.98. The molecule has 0 aliphatic rings. The lowest BCUT2D eigenvalue weighted by Gasteiger charge is -2.35. The van der Waals surface area contributed by atoms with Crippen molar-refractivity contribution in [3.63, 3.8) is 0 Å². The Morgan fingerprint density at radius 1 is 0.875 bits per heavy atom. The van der Waals surface area contributed by atoms with Gasteiger partial charge in [-0.05, 0) is 20.8 Å². The number of aliphatic hydroxyl groups is 1. The molecule has 2 heteroatoms. The van der Waals surface area contributed by atoms with Crippen LogP contribution in [-0.2, 0) is 6.54 Å². The van der Waals surface area contributed by atoms with Gasteiger partial charge in [-0.1, -0.05) is 30.3 Å². The fraction of sp³-hybridized carbons (Fsp3) is 0.571. The first-order chi connectivity index (χ1) is 7.76. The van der Waals surface area contributed by atoms with Crippen molar-refractivity contribution in [3.05, 3.63) is 35.9 Å². The van der Waals surface area contributed by atoms with Gasteiger partial charge >= 0.3 is 0 Å². The summed E-state index contributed by atoms with van der Waals surface area (Å²) in [5, 5.41) is 7.00. The van der Waals surface area contributed by atoms with Crippen LogP contribution in [0, 0.1) is 0 Å². The lowest BCUT2D eigenvalue weighted by atomic mass is 10.2. The van der Waals surface area contributed by atoms with Gasteiger partial charge in [-0.3, -0.25) is 0 Å². The maximum Gasteiger partial charge on any atom is 0.104 e. The zero-order valence-electron chi connectivity index (χ0n) is 11.1. The second-order valence-corrected chi connectivity index (χ2v) is 3.93. The highest BCUT2D eigenvalue weighted by molar-refractivity contribution is 5.13. The van der Waals surface area contributed by atoms with E-state index in [-0.39, 0.29) is 0 Å². The first kappa shape index (κ1) is 15.1. The van der Waals surface area contributed by atoms with Gasteiger partial charge in [0.25, 0.3) is 0 Å². The maximum absolute atomic E-state index is 7.00. The predicted octanol–water partition coefficient (Wildman–Crippen LogP) is 2.67. The van der Waals surface area contributed by atoms with Crippen molar-refractivity contribution >= 4 is 0 Å². The number of rotatable bonds is 5. The molecule has 0 saturated carbocycles. The zero-order valence-corrected chi connectivity index (χ0v) is 11.1. The van der Waals surface area contributed by atoms with E-state index in [1.165, 1.54) is 36.2 Å². The van der Waals surface area contributed by atoms with Crippen molar-refractivity contribution < 1.29 is 9.59 Å². The van der Waals surface area contributed by atoms with Crippen LogP contribution in [0.15, 0.2) is 30.3 Å². The molecule has 0 radical (unpaired) electrons. The van der Waals surface area contributed by atoms with Crippen LogP contribution in [0.3, 0.4) is 0 Å². The van der Waals surface area contributed by atoms with E-state index >= 15 is 0 Å². The summed E-state index contributed by atoms with van der Waals surface area (Å²) in [6, 6.07) is 10.8. The molecule has 1 aromatic rings. The van der Waals surface area contributed by atoms with E-state index in [9.17, 15) is 0 Å². The van der Waals surface area contributed by atoms with E-state index in [0.29, 0.717) is 0 Å². The summed E-state index contributed by atoms with van der Waals surface area (Å²) in [5.41, 5.74) is 1.46. The SMILES string of the molecule is CC[N+](CC)(CC)Cc1ccccc1.CO. The van der Waals surface area contributed by atoms with E-state index in [4.69, 9.17) is 5.11 Å². The third kappa shape index (κ3) is 4.33. The second kappa shape index (κ2) is 8.31. The minimum atomic E-state index is 1.00. The minimum Gasteiger partial charge on any atom is -0.400 e. The van der Waals surface area contributed by atoms with Crippen LogP contribution in [0.1, 0.15) is 26.3 Å². The standard InChI is InChI=1S/C13H22N.CH4O/c1-4-14(5-2,6-3)12-13-10-8-7-9-11-13;1-2/h7-11H,4-6,12H2,1-3H3;2H,1H3/q+1;. The molecule has 0 amide bonds. The van der Waals surface area contributed by atoms with Crippen molar-refractivity contribution in [2.45, 2.75) is 27.3 Å². The third-order valence-corrected chi connectivity index (χ3v) is 3.37. The molecule has 0 heterocycles. The fourth-order valence-corrected chi connectivity index (χ4v) is 1.98. The highest BCUT2D eigenvalue weighted by Gasteiger charge is 2.20. The molecule has 92 valence electrons. The molecule has 0 unspecified atom stereocenters. The third-order valence-electron chi connectivity index (χ3n) is 3.37. The first-order valence-corrected chi connectivity index (χ1v) is 6.10. The lowest BCUT2D eigenvalue weighted by Crippen LogP contribution is -2.46. The highest BCUT2D eigenvalue weighted by Crippen LogP contribution is 2.13. The Morgan fingerprint density at radius 3 is 1.69 bits per heavy atom. The van der Waals surface area contributed by atoms with E-state index in [2.05, 4.69) is 51.1 Å². The van der Waals surface area contributed by atoms with E-state index in [1.807, 2.05) is 0 Å². The van der Waals surface area contributed by atoms with E-state index < -0.39 is 0 Å². The summed E-state index contributed by atoms with van der Waals surface area (Å²) < 4.78 is 1.20. The van der Waals surface area contributed by atoms with Crippen molar-refractivity contribution in [2.24, 2.45) is 0 Å². The van der Waals surface area contributed by atoms with E-state index in [1.54, 1.807) is 0 Å². The zero-order chi connectivity index (χ0) is 12.4. The highest BCUT2D eigenvalue weighted by atomic mass is 16.2. The normalized spacial score (nSPS) is 10.6. The van der Waals surface area contributed by atoms with Gasteiger partial charge in [0.1, 0.15) is 6.54 Å². The molecule has 1 rings (SSSR count). The van der Waals surface area contributed by atoms with Gasteiger partial charge in [0, 0.05) is 12.7 Å². The molecular weight excluding hydrogens is 198 g/mol. The average Bonchev–Trinajstić information content (AvgIpc) is 2.40. The average molecular weight is 224 g/mol. The van der Waals surface area contributed by atoms with Gasteiger partial charge in [0.05, 0.1) is 19.6 Å². The van der Waals surface area contributed by atoms with Crippen molar-refractivity contribution in [1.29, 1.82) is 0 Å². The van der Waals surface area contributed by atoms with Gasteiger partial charge in [-0.25, -0.2) is 0 Å². The number of nitrogens with zero attached hydrogens (tertiary/aromatic N) is 1. The molecule has 0 aromatic heterocycles. The van der Waals surface area contributed by atoms with Gasteiger partial charge in [-0.15, -0.1) is 0 Å². The molecule has 0 spiro atoms. The number of hydrogen-bond donors (Lipinski definition) is 1. The predicted molar refractivity (Wildman–Crippen MR) is 70.2 cm³/mol. The molecule has 0 saturated heterocycles. The van der Waals surface area contributed by atoms with Crippen LogP contribution in [0.5, 0.6) is 0 Å². The molecule has 2 nitrogen and oxygen atoms in total. The quantitative estimate of drug-likeness (QED) is 0.762. The Kier molecular flexibility index (Phi) is 7.86. The Hall–Kier alpha value is -0.860. The van der Waals surface area contributed by atoms with Gasteiger partial charge in [-0.2, -0.15) is 0 Å². The second-order valence-electron chi connectivity index (χ2n) is 3.93. The molecule has 1 N–H and O–H groups in total. The van der Waals surface area contributed by atoms with Crippen LogP contribution < -0.4 is 0 Å². The Labute approximate surface area is 100 Å². The van der Waals surface area contributed by atoms with Crippen LogP contribution >= 0.6 is 0 Å². The maximum atomic E-state index is 7.00. The molecule has 16 heavy (non-hydrogen) atoms. The number of aliphatic hydroxyl groups excluding tert-OH is 1. The molecule has 1 aromatic carbocycles. The monoisotopic (exact) mass is 224 g/mol.